The molecule has 0 N–H and O–H groups in total. The van der Waals surface area contributed by atoms with Gasteiger partial charge in [0.2, 0.25) is 0 Å². The van der Waals surface area contributed by atoms with Crippen LogP contribution in [0.1, 0.15) is 56.4 Å². The van der Waals surface area contributed by atoms with Gasteiger partial charge in [0.25, 0.3) is 0 Å². The number of unbranched alkanes of at least 4 members (excludes halogenated alkanes) is 2. The summed E-state index contributed by atoms with van der Waals surface area (Å²) < 4.78 is 2.47. The number of imidazole rings is 1. The van der Waals surface area contributed by atoms with E-state index in [4.69, 9.17) is 16.6 Å². The fourth-order valence-corrected chi connectivity index (χ4v) is 4.74. The molecule has 0 aliphatic carbocycles. The van der Waals surface area contributed by atoms with Crippen LogP contribution < -0.4 is 0 Å². The predicted molar refractivity (Wildman–Crippen MR) is 153 cm³/mol. The normalized spacial score (nSPS) is 11.4. The minimum atomic E-state index is 0.748. The van der Waals surface area contributed by atoms with Crippen molar-refractivity contribution in [3.8, 4) is 22.6 Å². The Morgan fingerprint density at radius 1 is 0.778 bits per heavy atom. The molecule has 0 unspecified atom stereocenters. The maximum atomic E-state index is 6.25. The smallest absolute Gasteiger partial charge is 0.140 e. The summed E-state index contributed by atoms with van der Waals surface area (Å²) in [4.78, 5) is 7.86. The van der Waals surface area contributed by atoms with Crippen LogP contribution in [0.5, 0.6) is 0 Å². The number of rotatable bonds is 12. The van der Waals surface area contributed by atoms with Crippen LogP contribution in [0.15, 0.2) is 78.9 Å². The van der Waals surface area contributed by atoms with E-state index in [1.807, 2.05) is 12.1 Å². The van der Waals surface area contributed by atoms with Gasteiger partial charge in [0, 0.05) is 35.8 Å². The van der Waals surface area contributed by atoms with Gasteiger partial charge in [-0.15, -0.1) is 0 Å². The van der Waals surface area contributed by atoms with Crippen molar-refractivity contribution >= 4 is 11.6 Å². The van der Waals surface area contributed by atoms with Gasteiger partial charge in [0.05, 0.1) is 11.4 Å². The number of hydrogen-bond acceptors (Lipinski definition) is 2. The van der Waals surface area contributed by atoms with Crippen molar-refractivity contribution in [2.24, 2.45) is 0 Å². The van der Waals surface area contributed by atoms with Gasteiger partial charge in [-0.05, 0) is 44.0 Å². The lowest BCUT2D eigenvalue weighted by Gasteiger charge is -2.24. The largest absolute Gasteiger partial charge is 0.326 e. The van der Waals surface area contributed by atoms with E-state index in [2.05, 4.69) is 97.0 Å². The molecular formula is C32H38ClN3. The van der Waals surface area contributed by atoms with Crippen LogP contribution in [0.25, 0.3) is 22.6 Å². The highest BCUT2D eigenvalue weighted by molar-refractivity contribution is 6.30. The second-order valence-corrected chi connectivity index (χ2v) is 10.1. The van der Waals surface area contributed by atoms with E-state index in [1.54, 1.807) is 0 Å². The Morgan fingerprint density at radius 2 is 1.47 bits per heavy atom. The number of hydrogen-bond donors (Lipinski definition) is 0. The van der Waals surface area contributed by atoms with Crippen molar-refractivity contribution in [3.05, 3.63) is 101 Å². The van der Waals surface area contributed by atoms with E-state index in [9.17, 15) is 0 Å². The van der Waals surface area contributed by atoms with Gasteiger partial charge in [0.15, 0.2) is 0 Å². The highest BCUT2D eigenvalue weighted by Gasteiger charge is 2.22. The first-order chi connectivity index (χ1) is 17.6. The monoisotopic (exact) mass is 499 g/mol. The Hall–Kier alpha value is -2.88. The second kappa shape index (κ2) is 12.9. The summed E-state index contributed by atoms with van der Waals surface area (Å²) in [5.41, 5.74) is 7.28. The molecule has 0 spiro atoms. The zero-order valence-electron chi connectivity index (χ0n) is 21.9. The molecule has 0 saturated carbocycles. The van der Waals surface area contributed by atoms with Crippen LogP contribution in [-0.4, -0.2) is 21.0 Å². The third-order valence-electron chi connectivity index (χ3n) is 6.69. The first-order valence-corrected chi connectivity index (χ1v) is 13.7. The summed E-state index contributed by atoms with van der Waals surface area (Å²) in [5.74, 6) is 1.05. The summed E-state index contributed by atoms with van der Waals surface area (Å²) in [6, 6.07) is 27.7. The topological polar surface area (TPSA) is 21.1 Å². The lowest BCUT2D eigenvalue weighted by Crippen LogP contribution is -2.26. The summed E-state index contributed by atoms with van der Waals surface area (Å²) >= 11 is 6.25. The van der Waals surface area contributed by atoms with Crippen molar-refractivity contribution in [3.63, 3.8) is 0 Å². The van der Waals surface area contributed by atoms with Crippen LogP contribution in [0.4, 0.5) is 0 Å². The van der Waals surface area contributed by atoms with Gasteiger partial charge in [-0.1, -0.05) is 111 Å². The first kappa shape index (κ1) is 26.2. The molecule has 188 valence electrons. The van der Waals surface area contributed by atoms with Crippen LogP contribution in [-0.2, 0) is 19.6 Å². The predicted octanol–water partition coefficient (Wildman–Crippen LogP) is 8.78. The van der Waals surface area contributed by atoms with Gasteiger partial charge >= 0.3 is 0 Å². The van der Waals surface area contributed by atoms with Gasteiger partial charge in [-0.25, -0.2) is 4.98 Å². The maximum absolute atomic E-state index is 6.25. The van der Waals surface area contributed by atoms with Gasteiger partial charge in [0.1, 0.15) is 5.82 Å². The van der Waals surface area contributed by atoms with Crippen LogP contribution in [0, 0.1) is 6.92 Å². The van der Waals surface area contributed by atoms with Crippen molar-refractivity contribution in [2.45, 2.75) is 66.1 Å². The van der Waals surface area contributed by atoms with Crippen LogP contribution >= 0.6 is 11.6 Å². The Morgan fingerprint density at radius 3 is 2.14 bits per heavy atom. The molecule has 4 aromatic rings. The van der Waals surface area contributed by atoms with E-state index in [1.165, 1.54) is 29.7 Å². The number of nitrogens with zero attached hydrogens (tertiary/aromatic N) is 3. The van der Waals surface area contributed by atoms with E-state index >= 15 is 0 Å². The number of aryl methyl sites for hydroxylation is 1. The molecule has 0 atom stereocenters. The standard InChI is InChI=1S/C32H38ClN3/c1-4-6-21-35(23-26-15-13-25(3)14-16-26)24-30-31(27-17-19-29(33)20-18-27)34-32(36(30)22-7-5-2)28-11-9-8-10-12-28/h8-20H,4-7,21-24H2,1-3H3. The van der Waals surface area contributed by atoms with Gasteiger partial charge in [-0.2, -0.15) is 0 Å². The van der Waals surface area contributed by atoms with Gasteiger partial charge in [-0.3, -0.25) is 4.90 Å². The molecule has 0 amide bonds. The molecule has 3 aromatic carbocycles. The highest BCUT2D eigenvalue weighted by atomic mass is 35.5. The third-order valence-corrected chi connectivity index (χ3v) is 6.94. The average Bonchev–Trinajstić information content (AvgIpc) is 3.26. The molecule has 3 nitrogen and oxygen atoms in total. The lowest BCUT2D eigenvalue weighted by atomic mass is 10.1. The van der Waals surface area contributed by atoms with Crippen molar-refractivity contribution < 1.29 is 0 Å². The summed E-state index contributed by atoms with van der Waals surface area (Å²) in [6.45, 7) is 10.5. The molecule has 0 bridgehead atoms. The highest BCUT2D eigenvalue weighted by Crippen LogP contribution is 2.32. The van der Waals surface area contributed by atoms with Crippen LogP contribution in [0.2, 0.25) is 5.02 Å². The van der Waals surface area contributed by atoms with E-state index in [0.717, 1.165) is 66.7 Å². The molecule has 0 aliphatic heterocycles. The zero-order valence-corrected chi connectivity index (χ0v) is 22.6. The number of halogens is 1. The maximum Gasteiger partial charge on any atom is 0.140 e. The quantitative estimate of drug-likeness (QED) is 0.194. The fraction of sp³-hybridized carbons (Fsp3) is 0.344. The average molecular weight is 500 g/mol. The SMILES string of the molecule is CCCCN(Cc1ccc(C)cc1)Cc1c(-c2ccc(Cl)cc2)nc(-c2ccccc2)n1CCCC. The summed E-state index contributed by atoms with van der Waals surface area (Å²) in [7, 11) is 0. The molecule has 0 aliphatic rings. The lowest BCUT2D eigenvalue weighted by molar-refractivity contribution is 0.246. The minimum Gasteiger partial charge on any atom is -0.326 e. The number of aromatic nitrogens is 2. The first-order valence-electron chi connectivity index (χ1n) is 13.3. The molecule has 0 saturated heterocycles. The molecule has 1 heterocycles. The molecule has 36 heavy (non-hydrogen) atoms. The Kier molecular flexibility index (Phi) is 9.38. The van der Waals surface area contributed by atoms with Crippen molar-refractivity contribution in [2.75, 3.05) is 6.54 Å². The molecule has 1 aromatic heterocycles. The summed E-state index contributed by atoms with van der Waals surface area (Å²) in [6.07, 6.45) is 4.62. The Bertz CT molecular complexity index is 1210. The molecule has 4 rings (SSSR count). The van der Waals surface area contributed by atoms with Crippen molar-refractivity contribution in [1.82, 2.24) is 14.5 Å². The van der Waals surface area contributed by atoms with E-state index in [-0.39, 0.29) is 0 Å². The van der Waals surface area contributed by atoms with E-state index < -0.39 is 0 Å². The summed E-state index contributed by atoms with van der Waals surface area (Å²) in [5, 5.41) is 0.748. The Balaban J connectivity index is 1.80. The zero-order chi connectivity index (χ0) is 25.3. The number of benzene rings is 3. The Labute approximate surface area is 221 Å². The second-order valence-electron chi connectivity index (χ2n) is 9.66. The van der Waals surface area contributed by atoms with E-state index in [0.29, 0.717) is 0 Å². The molecule has 0 radical (unpaired) electrons. The van der Waals surface area contributed by atoms with Gasteiger partial charge < -0.3 is 4.57 Å². The minimum absolute atomic E-state index is 0.748. The van der Waals surface area contributed by atoms with Crippen molar-refractivity contribution in [1.29, 1.82) is 0 Å². The fourth-order valence-electron chi connectivity index (χ4n) is 4.61. The van der Waals surface area contributed by atoms with Crippen LogP contribution in [0.3, 0.4) is 0 Å². The molecule has 4 heteroatoms. The molecule has 0 fully saturated rings. The third kappa shape index (κ3) is 6.66. The molecular weight excluding hydrogens is 462 g/mol.